The summed E-state index contributed by atoms with van der Waals surface area (Å²) in [6.07, 6.45) is 0. The molecule has 0 aromatic heterocycles. The van der Waals surface area contributed by atoms with Gasteiger partial charge in [0.05, 0.1) is 0 Å². The maximum Gasteiger partial charge on any atom is 0.253 e. The highest BCUT2D eigenvalue weighted by molar-refractivity contribution is 5.94. The van der Waals surface area contributed by atoms with Gasteiger partial charge in [-0.05, 0) is 53.6 Å². The summed E-state index contributed by atoms with van der Waals surface area (Å²) in [7, 11) is 0. The van der Waals surface area contributed by atoms with Gasteiger partial charge in [-0.25, -0.2) is 0 Å². The zero-order chi connectivity index (χ0) is 17.9. The lowest BCUT2D eigenvalue weighted by atomic mass is 10.0. The second kappa shape index (κ2) is 7.30. The first-order chi connectivity index (χ1) is 12.7. The van der Waals surface area contributed by atoms with Gasteiger partial charge in [-0.3, -0.25) is 9.69 Å². The van der Waals surface area contributed by atoms with Crippen LogP contribution < -0.4 is 0 Å². The van der Waals surface area contributed by atoms with E-state index in [4.69, 9.17) is 0 Å². The zero-order valence-corrected chi connectivity index (χ0v) is 15.1. The van der Waals surface area contributed by atoms with E-state index in [1.165, 1.54) is 16.3 Å². The third-order valence-electron chi connectivity index (χ3n) is 5.36. The van der Waals surface area contributed by atoms with Crippen LogP contribution in [0.2, 0.25) is 0 Å². The summed E-state index contributed by atoms with van der Waals surface area (Å²) in [6.45, 7) is 5.62. The Morgan fingerprint density at radius 1 is 0.962 bits per heavy atom. The number of piperazine rings is 1. The van der Waals surface area contributed by atoms with E-state index < -0.39 is 0 Å². The molecule has 4 rings (SSSR count). The van der Waals surface area contributed by atoms with Crippen LogP contribution in [0.4, 0.5) is 0 Å². The van der Waals surface area contributed by atoms with Crippen LogP contribution in [0.25, 0.3) is 10.8 Å². The van der Waals surface area contributed by atoms with Crippen LogP contribution in [-0.2, 0) is 0 Å². The van der Waals surface area contributed by atoms with Crippen LogP contribution in [0.15, 0.2) is 66.7 Å². The first-order valence-corrected chi connectivity index (χ1v) is 9.20. The molecule has 3 aromatic rings. The SMILES string of the molecule is CC(c1ccc2c[c]ccc2c1)N1CCN(C(=O)c2ccccc2)CC1. The number of amides is 1. The van der Waals surface area contributed by atoms with Crippen molar-refractivity contribution >= 4 is 16.7 Å². The summed E-state index contributed by atoms with van der Waals surface area (Å²) in [5, 5.41) is 2.48. The standard InChI is InChI=1S/C23H23N2O/c1-18(21-12-11-19-7-5-6-10-22(19)17-21)24-13-15-25(16-14-24)23(26)20-8-3-2-4-9-20/h2-4,6-12,17-18H,13-16H2,1H3. The number of benzene rings is 3. The maximum atomic E-state index is 12.6. The average Bonchev–Trinajstić information content (AvgIpc) is 2.73. The Morgan fingerprint density at radius 2 is 1.73 bits per heavy atom. The first-order valence-electron chi connectivity index (χ1n) is 9.20. The zero-order valence-electron chi connectivity index (χ0n) is 15.1. The quantitative estimate of drug-likeness (QED) is 0.713. The number of rotatable bonds is 3. The van der Waals surface area contributed by atoms with Crippen molar-refractivity contribution < 1.29 is 4.79 Å². The number of hydrogen-bond donors (Lipinski definition) is 0. The van der Waals surface area contributed by atoms with E-state index in [0.717, 1.165) is 31.7 Å². The summed E-state index contributed by atoms with van der Waals surface area (Å²) in [4.78, 5) is 17.0. The first kappa shape index (κ1) is 16.8. The Kier molecular flexibility index (Phi) is 4.72. The molecule has 0 N–H and O–H groups in total. The van der Waals surface area contributed by atoms with Gasteiger partial charge in [0.25, 0.3) is 5.91 Å². The largest absolute Gasteiger partial charge is 0.336 e. The molecule has 0 bridgehead atoms. The van der Waals surface area contributed by atoms with Gasteiger partial charge in [0.15, 0.2) is 0 Å². The van der Waals surface area contributed by atoms with Crippen LogP contribution in [0.3, 0.4) is 0 Å². The van der Waals surface area contributed by atoms with Crippen LogP contribution >= 0.6 is 0 Å². The minimum Gasteiger partial charge on any atom is -0.336 e. The molecule has 1 radical (unpaired) electrons. The van der Waals surface area contributed by atoms with E-state index in [2.05, 4.69) is 42.2 Å². The van der Waals surface area contributed by atoms with E-state index in [0.29, 0.717) is 6.04 Å². The van der Waals surface area contributed by atoms with Gasteiger partial charge >= 0.3 is 0 Å². The van der Waals surface area contributed by atoms with Crippen LogP contribution in [0.1, 0.15) is 28.9 Å². The molecule has 1 aliphatic rings. The lowest BCUT2D eigenvalue weighted by Crippen LogP contribution is -2.49. The Morgan fingerprint density at radius 3 is 2.50 bits per heavy atom. The van der Waals surface area contributed by atoms with Gasteiger partial charge in [0.1, 0.15) is 0 Å². The van der Waals surface area contributed by atoms with Gasteiger partial charge < -0.3 is 4.90 Å². The molecule has 0 spiro atoms. The smallest absolute Gasteiger partial charge is 0.253 e. The highest BCUT2D eigenvalue weighted by Gasteiger charge is 2.25. The van der Waals surface area contributed by atoms with Crippen LogP contribution in [-0.4, -0.2) is 41.9 Å². The van der Waals surface area contributed by atoms with Gasteiger partial charge in [-0.1, -0.05) is 42.5 Å². The molecule has 1 heterocycles. The fourth-order valence-corrected chi connectivity index (χ4v) is 3.69. The predicted octanol–water partition coefficient (Wildman–Crippen LogP) is 4.16. The molecule has 1 fully saturated rings. The van der Waals surface area contributed by atoms with Crippen molar-refractivity contribution in [3.8, 4) is 0 Å². The van der Waals surface area contributed by atoms with Crippen molar-refractivity contribution in [2.45, 2.75) is 13.0 Å². The third-order valence-corrected chi connectivity index (χ3v) is 5.36. The fourth-order valence-electron chi connectivity index (χ4n) is 3.69. The molecule has 0 saturated carbocycles. The second-order valence-electron chi connectivity index (χ2n) is 6.90. The lowest BCUT2D eigenvalue weighted by Gasteiger charge is -2.38. The summed E-state index contributed by atoms with van der Waals surface area (Å²) >= 11 is 0. The molecule has 1 saturated heterocycles. The molecular weight excluding hydrogens is 320 g/mol. The average molecular weight is 343 g/mol. The molecule has 1 amide bonds. The second-order valence-corrected chi connectivity index (χ2v) is 6.90. The normalized spacial score (nSPS) is 16.6. The summed E-state index contributed by atoms with van der Waals surface area (Å²) in [5.74, 6) is 0.139. The Bertz CT molecular complexity index is 898. The molecule has 3 nitrogen and oxygen atoms in total. The molecule has 1 aliphatic heterocycles. The number of carbonyl (C=O) groups excluding carboxylic acids is 1. The van der Waals surface area contributed by atoms with Crippen LogP contribution in [0, 0.1) is 6.07 Å². The topological polar surface area (TPSA) is 23.6 Å². The fraction of sp³-hybridized carbons (Fsp3) is 0.261. The van der Waals surface area contributed by atoms with Crippen LogP contribution in [0.5, 0.6) is 0 Å². The lowest BCUT2D eigenvalue weighted by molar-refractivity contribution is 0.0582. The highest BCUT2D eigenvalue weighted by Crippen LogP contribution is 2.25. The van der Waals surface area contributed by atoms with Crippen molar-refractivity contribution in [3.05, 3.63) is 83.9 Å². The predicted molar refractivity (Wildman–Crippen MR) is 105 cm³/mol. The van der Waals surface area contributed by atoms with Crippen molar-refractivity contribution in [2.75, 3.05) is 26.2 Å². The molecule has 3 aromatic carbocycles. The van der Waals surface area contributed by atoms with Crippen molar-refractivity contribution in [1.29, 1.82) is 0 Å². The van der Waals surface area contributed by atoms with E-state index in [1.54, 1.807) is 0 Å². The minimum atomic E-state index is 0.139. The Labute approximate surface area is 154 Å². The molecule has 1 atom stereocenters. The van der Waals surface area contributed by atoms with E-state index in [9.17, 15) is 4.79 Å². The van der Waals surface area contributed by atoms with E-state index in [-0.39, 0.29) is 5.91 Å². The summed E-state index contributed by atoms with van der Waals surface area (Å²) < 4.78 is 0. The molecule has 131 valence electrons. The summed E-state index contributed by atoms with van der Waals surface area (Å²) in [6, 6.07) is 25.8. The molecule has 1 unspecified atom stereocenters. The summed E-state index contributed by atoms with van der Waals surface area (Å²) in [5.41, 5.74) is 2.10. The number of hydrogen-bond acceptors (Lipinski definition) is 2. The molecule has 26 heavy (non-hydrogen) atoms. The van der Waals surface area contributed by atoms with Crippen molar-refractivity contribution in [3.63, 3.8) is 0 Å². The third kappa shape index (κ3) is 3.35. The van der Waals surface area contributed by atoms with E-state index >= 15 is 0 Å². The Hall–Kier alpha value is -2.65. The number of nitrogens with zero attached hydrogens (tertiary/aromatic N) is 2. The van der Waals surface area contributed by atoms with Gasteiger partial charge in [-0.2, -0.15) is 0 Å². The minimum absolute atomic E-state index is 0.139. The van der Waals surface area contributed by atoms with Gasteiger partial charge in [0.2, 0.25) is 0 Å². The van der Waals surface area contributed by atoms with Crippen molar-refractivity contribution in [1.82, 2.24) is 9.80 Å². The maximum absolute atomic E-state index is 12.6. The number of fused-ring (bicyclic) bond motifs is 1. The monoisotopic (exact) mass is 343 g/mol. The molecule has 3 heteroatoms. The molecule has 0 aliphatic carbocycles. The van der Waals surface area contributed by atoms with Gasteiger partial charge in [-0.15, -0.1) is 0 Å². The van der Waals surface area contributed by atoms with Crippen molar-refractivity contribution in [2.24, 2.45) is 0 Å². The van der Waals surface area contributed by atoms with E-state index in [1.807, 2.05) is 47.4 Å². The Balaban J connectivity index is 1.43. The molecular formula is C23H23N2O. The number of carbonyl (C=O) groups is 1. The van der Waals surface area contributed by atoms with Gasteiger partial charge in [0, 0.05) is 37.8 Å². The highest BCUT2D eigenvalue weighted by atomic mass is 16.2.